The van der Waals surface area contributed by atoms with Gasteiger partial charge in [-0.2, -0.15) is 0 Å². The molecule has 9 heteroatoms. The number of amides is 1. The molecule has 174 valence electrons. The molecule has 2 atom stereocenters. The third kappa shape index (κ3) is 6.15. The van der Waals surface area contributed by atoms with Gasteiger partial charge in [0.2, 0.25) is 0 Å². The second kappa shape index (κ2) is 11.0. The van der Waals surface area contributed by atoms with Crippen molar-refractivity contribution < 1.29 is 22.7 Å². The Morgan fingerprint density at radius 3 is 2.66 bits per heavy atom. The molecule has 1 saturated carbocycles. The first kappa shape index (κ1) is 24.4. The minimum absolute atomic E-state index is 0.0126. The summed E-state index contributed by atoms with van der Waals surface area (Å²) in [6, 6.07) is 10.8. The maximum Gasteiger partial charge on any atom is 0.263 e. The minimum atomic E-state index is -4.05. The van der Waals surface area contributed by atoms with E-state index in [-0.39, 0.29) is 27.3 Å². The standard InChI is InChI=1S/C23H29ClN2O5S/c1-16-7-3-5-9-20(16)31-14-13-25-23(27)17-11-12-18(24)22(15-17)32(28,29)26-19-8-4-6-10-21(19)30-2/h4,6,8,10-12,15-16,20,26H,3,5,7,9,13-14H2,1-2H3,(H,25,27). The number of rotatable bonds is 9. The maximum absolute atomic E-state index is 12.9. The predicted molar refractivity (Wildman–Crippen MR) is 125 cm³/mol. The molecular weight excluding hydrogens is 452 g/mol. The third-order valence-corrected chi connectivity index (χ3v) is 7.43. The lowest BCUT2D eigenvalue weighted by Crippen LogP contribution is -2.32. The van der Waals surface area contributed by atoms with Crippen LogP contribution in [0, 0.1) is 5.92 Å². The van der Waals surface area contributed by atoms with Gasteiger partial charge >= 0.3 is 0 Å². The molecule has 0 heterocycles. The van der Waals surface area contributed by atoms with Crippen LogP contribution < -0.4 is 14.8 Å². The molecular formula is C23H29ClN2O5S. The van der Waals surface area contributed by atoms with Gasteiger partial charge in [-0.05, 0) is 49.1 Å². The number of methoxy groups -OCH3 is 1. The molecule has 7 nitrogen and oxygen atoms in total. The maximum atomic E-state index is 12.9. The van der Waals surface area contributed by atoms with E-state index in [1.54, 1.807) is 24.3 Å². The van der Waals surface area contributed by atoms with Crippen molar-refractivity contribution in [3.05, 3.63) is 53.1 Å². The van der Waals surface area contributed by atoms with Crippen molar-refractivity contribution in [1.29, 1.82) is 0 Å². The Hall–Kier alpha value is -2.29. The zero-order chi connectivity index (χ0) is 23.1. The Morgan fingerprint density at radius 1 is 1.16 bits per heavy atom. The molecule has 0 spiro atoms. The summed E-state index contributed by atoms with van der Waals surface area (Å²) >= 11 is 6.15. The van der Waals surface area contributed by atoms with Gasteiger partial charge in [0.1, 0.15) is 10.6 Å². The van der Waals surface area contributed by atoms with Crippen LogP contribution in [0.4, 0.5) is 5.69 Å². The number of sulfonamides is 1. The van der Waals surface area contributed by atoms with E-state index in [0.717, 1.165) is 6.42 Å². The monoisotopic (exact) mass is 480 g/mol. The van der Waals surface area contributed by atoms with Gasteiger partial charge in [0.25, 0.3) is 15.9 Å². The first-order valence-corrected chi connectivity index (χ1v) is 12.5. The SMILES string of the molecule is COc1ccccc1NS(=O)(=O)c1cc(C(=O)NCCOC2CCCCC2C)ccc1Cl. The van der Waals surface area contributed by atoms with E-state index in [9.17, 15) is 13.2 Å². The Balaban J connectivity index is 1.64. The highest BCUT2D eigenvalue weighted by molar-refractivity contribution is 7.92. The highest BCUT2D eigenvalue weighted by Crippen LogP contribution is 2.29. The number of carbonyl (C=O) groups excluding carboxylic acids is 1. The lowest BCUT2D eigenvalue weighted by molar-refractivity contribution is -0.00293. The molecule has 3 rings (SSSR count). The number of halogens is 1. The van der Waals surface area contributed by atoms with Crippen molar-refractivity contribution in [2.45, 2.75) is 43.6 Å². The largest absolute Gasteiger partial charge is 0.495 e. The van der Waals surface area contributed by atoms with E-state index < -0.39 is 15.9 Å². The molecule has 0 bridgehead atoms. The van der Waals surface area contributed by atoms with Crippen molar-refractivity contribution >= 4 is 33.2 Å². The second-order valence-electron chi connectivity index (χ2n) is 7.88. The smallest absolute Gasteiger partial charge is 0.263 e. The lowest BCUT2D eigenvalue weighted by atomic mass is 9.88. The van der Waals surface area contributed by atoms with Crippen LogP contribution >= 0.6 is 11.6 Å². The van der Waals surface area contributed by atoms with Crippen LogP contribution in [-0.2, 0) is 14.8 Å². The van der Waals surface area contributed by atoms with Gasteiger partial charge in [0, 0.05) is 12.1 Å². The Bertz CT molecular complexity index is 1040. The highest BCUT2D eigenvalue weighted by atomic mass is 35.5. The number of benzene rings is 2. The van der Waals surface area contributed by atoms with E-state index in [4.69, 9.17) is 21.1 Å². The summed E-state index contributed by atoms with van der Waals surface area (Å²) in [5.41, 5.74) is 0.468. The molecule has 1 fully saturated rings. The van der Waals surface area contributed by atoms with Crippen LogP contribution in [0.3, 0.4) is 0 Å². The van der Waals surface area contributed by atoms with Crippen molar-refractivity contribution in [2.24, 2.45) is 5.92 Å². The summed E-state index contributed by atoms with van der Waals surface area (Å²) in [5.74, 6) is 0.503. The number of nitrogens with one attached hydrogen (secondary N) is 2. The normalized spacial score (nSPS) is 18.7. The molecule has 1 aliphatic carbocycles. The lowest BCUT2D eigenvalue weighted by Gasteiger charge is -2.28. The fraction of sp³-hybridized carbons (Fsp3) is 0.435. The molecule has 2 unspecified atom stereocenters. The van der Waals surface area contributed by atoms with Crippen molar-refractivity contribution in [2.75, 3.05) is 25.0 Å². The summed E-state index contributed by atoms with van der Waals surface area (Å²) in [5, 5.41) is 2.79. The van der Waals surface area contributed by atoms with Crippen LogP contribution in [0.5, 0.6) is 5.75 Å². The second-order valence-corrected chi connectivity index (χ2v) is 9.94. The first-order chi connectivity index (χ1) is 15.3. The predicted octanol–water partition coefficient (Wildman–Crippen LogP) is 4.47. The highest BCUT2D eigenvalue weighted by Gasteiger charge is 2.23. The fourth-order valence-corrected chi connectivity index (χ4v) is 5.38. The average Bonchev–Trinajstić information content (AvgIpc) is 2.78. The quantitative estimate of drug-likeness (QED) is 0.516. The topological polar surface area (TPSA) is 93.7 Å². The molecule has 1 aliphatic rings. The Kier molecular flexibility index (Phi) is 8.39. The van der Waals surface area contributed by atoms with Gasteiger partial charge in [-0.25, -0.2) is 8.42 Å². The number of hydrogen-bond acceptors (Lipinski definition) is 5. The van der Waals surface area contributed by atoms with Gasteiger partial charge < -0.3 is 14.8 Å². The summed E-state index contributed by atoms with van der Waals surface area (Å²) in [4.78, 5) is 12.4. The molecule has 0 saturated heterocycles. The van der Waals surface area contributed by atoms with Gasteiger partial charge in [-0.3, -0.25) is 9.52 Å². The van der Waals surface area contributed by atoms with E-state index in [0.29, 0.717) is 24.8 Å². The van der Waals surface area contributed by atoms with Crippen LogP contribution in [0.1, 0.15) is 43.0 Å². The molecule has 0 aromatic heterocycles. The zero-order valence-corrected chi connectivity index (χ0v) is 19.8. The summed E-state index contributed by atoms with van der Waals surface area (Å²) in [6.45, 7) is 2.94. The molecule has 0 radical (unpaired) electrons. The van der Waals surface area contributed by atoms with Crippen LogP contribution in [0.2, 0.25) is 5.02 Å². The average molecular weight is 481 g/mol. The Morgan fingerprint density at radius 2 is 1.91 bits per heavy atom. The van der Waals surface area contributed by atoms with Crippen molar-refractivity contribution in [1.82, 2.24) is 5.32 Å². The molecule has 32 heavy (non-hydrogen) atoms. The summed E-state index contributed by atoms with van der Waals surface area (Å²) in [6.07, 6.45) is 4.86. The molecule has 2 N–H and O–H groups in total. The van der Waals surface area contributed by atoms with E-state index >= 15 is 0 Å². The Labute approximate surface area is 194 Å². The van der Waals surface area contributed by atoms with Gasteiger partial charge in [-0.1, -0.05) is 43.5 Å². The number of anilines is 1. The third-order valence-electron chi connectivity index (χ3n) is 5.59. The van der Waals surface area contributed by atoms with Gasteiger partial charge in [0.15, 0.2) is 0 Å². The number of ether oxygens (including phenoxy) is 2. The van der Waals surface area contributed by atoms with Crippen LogP contribution in [0.15, 0.2) is 47.4 Å². The van der Waals surface area contributed by atoms with Gasteiger partial charge in [-0.15, -0.1) is 0 Å². The molecule has 1 amide bonds. The first-order valence-electron chi connectivity index (χ1n) is 10.7. The molecule has 2 aromatic rings. The molecule has 0 aliphatic heterocycles. The summed E-state index contributed by atoms with van der Waals surface area (Å²) in [7, 11) is -2.60. The van der Waals surface area contributed by atoms with Crippen molar-refractivity contribution in [3.8, 4) is 5.75 Å². The van der Waals surface area contributed by atoms with Gasteiger partial charge in [0.05, 0.1) is 30.5 Å². The number of hydrogen-bond donors (Lipinski definition) is 2. The van der Waals surface area contributed by atoms with E-state index in [1.807, 2.05) is 0 Å². The molecule has 2 aromatic carbocycles. The van der Waals surface area contributed by atoms with E-state index in [2.05, 4.69) is 17.0 Å². The van der Waals surface area contributed by atoms with Crippen LogP contribution in [0.25, 0.3) is 0 Å². The number of carbonyl (C=O) groups is 1. The van der Waals surface area contributed by atoms with E-state index in [1.165, 1.54) is 44.6 Å². The van der Waals surface area contributed by atoms with Crippen molar-refractivity contribution in [3.63, 3.8) is 0 Å². The van der Waals surface area contributed by atoms with Crippen LogP contribution in [-0.4, -0.2) is 40.7 Å². The number of para-hydroxylation sites is 2. The summed E-state index contributed by atoms with van der Waals surface area (Å²) < 4.78 is 39.4. The zero-order valence-electron chi connectivity index (χ0n) is 18.3. The fourth-order valence-electron chi connectivity index (χ4n) is 3.79. The minimum Gasteiger partial charge on any atom is -0.495 e.